The van der Waals surface area contributed by atoms with E-state index >= 15 is 0 Å². The van der Waals surface area contributed by atoms with E-state index in [0.717, 1.165) is 37.5 Å². The Bertz CT molecular complexity index is 481. The van der Waals surface area contributed by atoms with E-state index in [9.17, 15) is 0 Å². The van der Waals surface area contributed by atoms with E-state index in [1.807, 2.05) is 0 Å². The minimum Gasteiger partial charge on any atom is -0.381 e. The zero-order valence-electron chi connectivity index (χ0n) is 13.7. The van der Waals surface area contributed by atoms with E-state index in [0.29, 0.717) is 0 Å². The van der Waals surface area contributed by atoms with Gasteiger partial charge < -0.3 is 9.64 Å². The molecule has 3 heterocycles. The first kappa shape index (κ1) is 14.7. The number of nitrogens with zero attached hydrogens (tertiary/aromatic N) is 2. The number of hydrogen-bond acceptors (Lipinski definition) is 3. The average Bonchev–Trinajstić information content (AvgIpc) is 3.18. The molecule has 3 fully saturated rings. The lowest BCUT2D eigenvalue weighted by Gasteiger charge is -2.23. The zero-order chi connectivity index (χ0) is 14.9. The van der Waals surface area contributed by atoms with E-state index < -0.39 is 0 Å². The molecule has 0 radical (unpaired) electrons. The molecule has 0 amide bonds. The molecule has 22 heavy (non-hydrogen) atoms. The summed E-state index contributed by atoms with van der Waals surface area (Å²) < 4.78 is 5.52. The van der Waals surface area contributed by atoms with Crippen molar-refractivity contribution < 1.29 is 4.74 Å². The maximum atomic E-state index is 5.52. The van der Waals surface area contributed by atoms with Crippen LogP contribution >= 0.6 is 0 Å². The Morgan fingerprint density at radius 1 is 1.00 bits per heavy atom. The fourth-order valence-corrected chi connectivity index (χ4v) is 4.51. The maximum absolute atomic E-state index is 5.52. The number of likely N-dealkylation sites (tertiary alicyclic amines) is 2. The van der Waals surface area contributed by atoms with Crippen molar-refractivity contribution in [3.05, 3.63) is 35.4 Å². The van der Waals surface area contributed by atoms with Crippen LogP contribution in [0, 0.1) is 24.7 Å². The first-order valence-electron chi connectivity index (χ1n) is 8.84. The van der Waals surface area contributed by atoms with Crippen LogP contribution in [0.1, 0.15) is 17.5 Å². The van der Waals surface area contributed by atoms with Crippen LogP contribution in [0.5, 0.6) is 0 Å². The molecular weight excluding hydrogens is 272 g/mol. The van der Waals surface area contributed by atoms with Gasteiger partial charge in [0.05, 0.1) is 6.61 Å². The second kappa shape index (κ2) is 6.31. The highest BCUT2D eigenvalue weighted by molar-refractivity contribution is 5.21. The molecule has 120 valence electrons. The van der Waals surface area contributed by atoms with Crippen molar-refractivity contribution in [1.82, 2.24) is 9.80 Å². The molecule has 3 saturated heterocycles. The first-order chi connectivity index (χ1) is 10.8. The summed E-state index contributed by atoms with van der Waals surface area (Å²) in [5.74, 6) is 2.59. The summed E-state index contributed by atoms with van der Waals surface area (Å²) >= 11 is 0. The molecule has 3 atom stereocenters. The topological polar surface area (TPSA) is 15.7 Å². The van der Waals surface area contributed by atoms with Gasteiger partial charge in [-0.1, -0.05) is 29.8 Å². The van der Waals surface area contributed by atoms with Crippen LogP contribution < -0.4 is 0 Å². The molecule has 1 aromatic rings. The Kier molecular flexibility index (Phi) is 4.21. The van der Waals surface area contributed by atoms with Gasteiger partial charge in [0.15, 0.2) is 0 Å². The third-order valence-electron chi connectivity index (χ3n) is 5.70. The molecule has 0 unspecified atom stereocenters. The van der Waals surface area contributed by atoms with Gasteiger partial charge in [0.2, 0.25) is 0 Å². The van der Waals surface area contributed by atoms with Gasteiger partial charge in [-0.2, -0.15) is 0 Å². The van der Waals surface area contributed by atoms with Crippen molar-refractivity contribution in [2.45, 2.75) is 19.9 Å². The predicted octanol–water partition coefficient (Wildman–Crippen LogP) is 2.40. The summed E-state index contributed by atoms with van der Waals surface area (Å²) in [6.45, 7) is 11.7. The average molecular weight is 300 g/mol. The van der Waals surface area contributed by atoms with Gasteiger partial charge in [0.25, 0.3) is 0 Å². The van der Waals surface area contributed by atoms with Crippen molar-refractivity contribution >= 4 is 0 Å². The summed E-state index contributed by atoms with van der Waals surface area (Å²) in [6.07, 6.45) is 1.27. The molecule has 3 aliphatic rings. The van der Waals surface area contributed by atoms with Gasteiger partial charge in [0, 0.05) is 45.9 Å². The third kappa shape index (κ3) is 3.22. The number of hydrogen-bond donors (Lipinski definition) is 0. The number of aryl methyl sites for hydroxylation is 1. The van der Waals surface area contributed by atoms with Crippen LogP contribution in [-0.4, -0.2) is 55.7 Å². The summed E-state index contributed by atoms with van der Waals surface area (Å²) in [5.41, 5.74) is 2.82. The molecular formula is C19H28N2O. The molecule has 3 nitrogen and oxygen atoms in total. The van der Waals surface area contributed by atoms with Gasteiger partial charge in [0.1, 0.15) is 0 Å². The monoisotopic (exact) mass is 300 g/mol. The Hall–Kier alpha value is -0.900. The zero-order valence-corrected chi connectivity index (χ0v) is 13.7. The number of fused-ring (bicyclic) bond motifs is 1. The molecule has 3 heteroatoms. The molecule has 0 spiro atoms. The van der Waals surface area contributed by atoms with E-state index in [4.69, 9.17) is 4.74 Å². The third-order valence-corrected chi connectivity index (χ3v) is 5.70. The summed E-state index contributed by atoms with van der Waals surface area (Å²) in [7, 11) is 0. The fourth-order valence-electron chi connectivity index (χ4n) is 4.51. The predicted molar refractivity (Wildman–Crippen MR) is 88.8 cm³/mol. The van der Waals surface area contributed by atoms with Crippen molar-refractivity contribution in [1.29, 1.82) is 0 Å². The summed E-state index contributed by atoms with van der Waals surface area (Å²) in [5, 5.41) is 0. The Balaban J connectivity index is 1.27. The van der Waals surface area contributed by atoms with Gasteiger partial charge in [-0.25, -0.2) is 0 Å². The van der Waals surface area contributed by atoms with E-state index in [-0.39, 0.29) is 0 Å². The van der Waals surface area contributed by atoms with Crippen LogP contribution in [0.15, 0.2) is 24.3 Å². The summed E-state index contributed by atoms with van der Waals surface area (Å²) in [6, 6.07) is 9.04. The van der Waals surface area contributed by atoms with Crippen LogP contribution in [0.2, 0.25) is 0 Å². The van der Waals surface area contributed by atoms with Gasteiger partial charge in [-0.15, -0.1) is 0 Å². The molecule has 4 rings (SSSR count). The van der Waals surface area contributed by atoms with Gasteiger partial charge >= 0.3 is 0 Å². The van der Waals surface area contributed by atoms with Crippen LogP contribution in [-0.2, 0) is 11.3 Å². The second-order valence-corrected chi connectivity index (χ2v) is 7.65. The lowest BCUT2D eigenvalue weighted by Crippen LogP contribution is -2.32. The number of rotatable bonds is 4. The quantitative estimate of drug-likeness (QED) is 0.849. The standard InChI is InChI=1S/C19H28N2O/c1-15-2-4-16(5-3-15)8-20-10-18-12-21(13-19(18)11-20)9-17-6-7-22-14-17/h2-5,17-19H,6-14H2,1H3/t17-,18-,19+/m0/s1. The maximum Gasteiger partial charge on any atom is 0.0507 e. The van der Waals surface area contributed by atoms with Crippen molar-refractivity contribution in [2.75, 3.05) is 45.9 Å². The van der Waals surface area contributed by atoms with Crippen molar-refractivity contribution in [3.8, 4) is 0 Å². The Labute approximate surface area is 134 Å². The number of benzene rings is 1. The van der Waals surface area contributed by atoms with Crippen molar-refractivity contribution in [3.63, 3.8) is 0 Å². The van der Waals surface area contributed by atoms with Crippen LogP contribution in [0.3, 0.4) is 0 Å². The molecule has 1 aromatic carbocycles. The Morgan fingerprint density at radius 2 is 1.68 bits per heavy atom. The van der Waals surface area contributed by atoms with E-state index in [1.165, 1.54) is 50.3 Å². The van der Waals surface area contributed by atoms with Crippen LogP contribution in [0.4, 0.5) is 0 Å². The van der Waals surface area contributed by atoms with E-state index in [2.05, 4.69) is 41.0 Å². The molecule has 3 aliphatic heterocycles. The van der Waals surface area contributed by atoms with Crippen LogP contribution in [0.25, 0.3) is 0 Å². The second-order valence-electron chi connectivity index (χ2n) is 7.65. The largest absolute Gasteiger partial charge is 0.381 e. The fraction of sp³-hybridized carbons (Fsp3) is 0.684. The molecule has 0 N–H and O–H groups in total. The molecule has 0 saturated carbocycles. The minimum atomic E-state index is 0.794. The van der Waals surface area contributed by atoms with Gasteiger partial charge in [-0.05, 0) is 36.7 Å². The lowest BCUT2D eigenvalue weighted by atomic mass is 10.0. The lowest BCUT2D eigenvalue weighted by molar-refractivity contribution is 0.169. The highest BCUT2D eigenvalue weighted by Gasteiger charge is 2.40. The molecule has 0 bridgehead atoms. The highest BCUT2D eigenvalue weighted by Crippen LogP contribution is 2.32. The molecule has 0 aromatic heterocycles. The van der Waals surface area contributed by atoms with Crippen molar-refractivity contribution in [2.24, 2.45) is 17.8 Å². The normalized spacial score (nSPS) is 32.7. The highest BCUT2D eigenvalue weighted by atomic mass is 16.5. The molecule has 0 aliphatic carbocycles. The van der Waals surface area contributed by atoms with E-state index in [1.54, 1.807) is 0 Å². The summed E-state index contributed by atoms with van der Waals surface area (Å²) in [4.78, 5) is 5.37. The first-order valence-corrected chi connectivity index (χ1v) is 8.84. The smallest absolute Gasteiger partial charge is 0.0507 e. The van der Waals surface area contributed by atoms with Gasteiger partial charge in [-0.3, -0.25) is 4.90 Å². The SMILES string of the molecule is Cc1ccc(CN2C[C@@H]3CN(C[C@@H]4CCOC4)C[C@@H]3C2)cc1. The minimum absolute atomic E-state index is 0.794. The number of ether oxygens (including phenoxy) is 1. The Morgan fingerprint density at radius 3 is 2.32 bits per heavy atom.